The van der Waals surface area contributed by atoms with E-state index < -0.39 is 0 Å². The number of hydrogen-bond acceptors (Lipinski definition) is 4. The Morgan fingerprint density at radius 1 is 1.21 bits per heavy atom. The summed E-state index contributed by atoms with van der Waals surface area (Å²) in [6.45, 7) is 9.19. The molecule has 0 fully saturated rings. The molecule has 24 heavy (non-hydrogen) atoms. The fraction of sp³-hybridized carbons (Fsp3) is 0.812. The number of unbranched alkanes of at least 4 members (excludes halogenated alkanes) is 1. The average molecular weight is 450 g/mol. The molecule has 0 saturated carbocycles. The summed E-state index contributed by atoms with van der Waals surface area (Å²) >= 11 is 0. The first kappa shape index (κ1) is 21.1. The van der Waals surface area contributed by atoms with Crippen LogP contribution in [0.25, 0.3) is 0 Å². The highest BCUT2D eigenvalue weighted by Crippen LogP contribution is 2.14. The first-order chi connectivity index (χ1) is 11.3. The Labute approximate surface area is 162 Å². The minimum Gasteiger partial charge on any atom is -0.381 e. The Hall–Kier alpha value is -0.900. The van der Waals surface area contributed by atoms with Crippen molar-refractivity contribution in [2.24, 2.45) is 4.99 Å². The van der Waals surface area contributed by atoms with E-state index in [2.05, 4.69) is 44.2 Å². The lowest BCUT2D eigenvalue weighted by molar-refractivity contribution is 0.129. The number of fused-ring (bicyclic) bond motifs is 1. The molecule has 0 radical (unpaired) electrons. The molecule has 0 unspecified atom stereocenters. The van der Waals surface area contributed by atoms with Crippen LogP contribution in [0.4, 0.5) is 0 Å². The summed E-state index contributed by atoms with van der Waals surface area (Å²) in [4.78, 5) is 4.61. The molecule has 0 saturated heterocycles. The maximum atomic E-state index is 5.56. The number of ether oxygens (including phenoxy) is 1. The van der Waals surface area contributed by atoms with Crippen molar-refractivity contribution in [3.63, 3.8) is 0 Å². The van der Waals surface area contributed by atoms with Crippen LogP contribution in [0.2, 0.25) is 0 Å². The van der Waals surface area contributed by atoms with Gasteiger partial charge in [-0.15, -0.1) is 34.2 Å². The third kappa shape index (κ3) is 6.92. The lowest BCUT2D eigenvalue weighted by Gasteiger charge is -2.11. The van der Waals surface area contributed by atoms with Gasteiger partial charge in [0.15, 0.2) is 11.8 Å². The van der Waals surface area contributed by atoms with Gasteiger partial charge in [0, 0.05) is 39.3 Å². The highest BCUT2D eigenvalue weighted by molar-refractivity contribution is 14.0. The number of aryl methyl sites for hydroxylation is 1. The molecule has 0 spiro atoms. The molecule has 1 aliphatic rings. The van der Waals surface area contributed by atoms with Crippen LogP contribution in [0, 0.1) is 0 Å². The third-order valence-electron chi connectivity index (χ3n) is 3.81. The second-order valence-electron chi connectivity index (χ2n) is 5.73. The number of hydrogen-bond donors (Lipinski definition) is 2. The summed E-state index contributed by atoms with van der Waals surface area (Å²) in [6, 6.07) is 0. The smallest absolute Gasteiger partial charge is 0.191 e. The molecule has 1 aliphatic heterocycles. The molecule has 0 bridgehead atoms. The quantitative estimate of drug-likeness (QED) is 0.247. The van der Waals surface area contributed by atoms with Crippen molar-refractivity contribution in [3.8, 4) is 0 Å². The second-order valence-corrected chi connectivity index (χ2v) is 5.73. The fourth-order valence-corrected chi connectivity index (χ4v) is 2.55. The number of nitrogens with one attached hydrogen (secondary N) is 2. The van der Waals surface area contributed by atoms with Crippen LogP contribution in [0.15, 0.2) is 4.99 Å². The summed E-state index contributed by atoms with van der Waals surface area (Å²) in [6.07, 6.45) is 5.50. The SMILES string of the molecule is CCCCOCCCNC(=NCc1nnc2n1CCC2)NCC.I. The van der Waals surface area contributed by atoms with Gasteiger partial charge in [-0.05, 0) is 26.2 Å². The van der Waals surface area contributed by atoms with Crippen LogP contribution in [-0.2, 0) is 24.2 Å². The average Bonchev–Trinajstić information content (AvgIpc) is 3.15. The van der Waals surface area contributed by atoms with Crippen LogP contribution in [-0.4, -0.2) is 47.0 Å². The van der Waals surface area contributed by atoms with Crippen molar-refractivity contribution < 1.29 is 4.74 Å². The molecule has 2 N–H and O–H groups in total. The first-order valence-electron chi connectivity index (χ1n) is 8.86. The Bertz CT molecular complexity index is 491. The molecule has 7 nitrogen and oxygen atoms in total. The van der Waals surface area contributed by atoms with Gasteiger partial charge in [-0.2, -0.15) is 0 Å². The van der Waals surface area contributed by atoms with Crippen molar-refractivity contribution in [2.75, 3.05) is 26.3 Å². The normalized spacial score (nSPS) is 13.5. The summed E-state index contributed by atoms with van der Waals surface area (Å²) in [7, 11) is 0. The van der Waals surface area contributed by atoms with Crippen molar-refractivity contribution in [2.45, 2.75) is 59.0 Å². The molecule has 1 aromatic rings. The van der Waals surface area contributed by atoms with Crippen LogP contribution in [0.1, 0.15) is 51.2 Å². The van der Waals surface area contributed by atoms with E-state index in [1.807, 2.05) is 0 Å². The topological polar surface area (TPSA) is 76.4 Å². The number of nitrogens with zero attached hydrogens (tertiary/aromatic N) is 4. The summed E-state index contributed by atoms with van der Waals surface area (Å²) in [5, 5.41) is 15.1. The van der Waals surface area contributed by atoms with Crippen LogP contribution >= 0.6 is 24.0 Å². The van der Waals surface area contributed by atoms with Crippen LogP contribution < -0.4 is 10.6 Å². The fourth-order valence-electron chi connectivity index (χ4n) is 2.55. The Morgan fingerprint density at radius 3 is 2.83 bits per heavy atom. The number of guanidine groups is 1. The van der Waals surface area contributed by atoms with E-state index >= 15 is 0 Å². The van der Waals surface area contributed by atoms with E-state index in [9.17, 15) is 0 Å². The molecular weight excluding hydrogens is 419 g/mol. The zero-order valence-corrected chi connectivity index (χ0v) is 17.2. The maximum Gasteiger partial charge on any atom is 0.191 e. The van der Waals surface area contributed by atoms with Gasteiger partial charge in [0.2, 0.25) is 0 Å². The van der Waals surface area contributed by atoms with E-state index in [-0.39, 0.29) is 24.0 Å². The Morgan fingerprint density at radius 2 is 2.04 bits per heavy atom. The predicted molar refractivity (Wildman–Crippen MR) is 107 cm³/mol. The standard InChI is InChI=1S/C16H30N6O.HI/c1-3-5-11-23-12-7-9-18-16(17-4-2)19-13-15-21-20-14-8-6-10-22(14)15;/h3-13H2,1-2H3,(H2,17,18,19);1H. The lowest BCUT2D eigenvalue weighted by Crippen LogP contribution is -2.38. The molecule has 2 rings (SSSR count). The molecule has 1 aromatic heterocycles. The molecule has 2 heterocycles. The highest BCUT2D eigenvalue weighted by Gasteiger charge is 2.16. The number of aromatic nitrogens is 3. The Kier molecular flexibility index (Phi) is 11.0. The van der Waals surface area contributed by atoms with E-state index in [1.165, 1.54) is 6.42 Å². The van der Waals surface area contributed by atoms with Gasteiger partial charge >= 0.3 is 0 Å². The second kappa shape index (κ2) is 12.5. The maximum absolute atomic E-state index is 5.56. The number of halogens is 1. The van der Waals surface area contributed by atoms with Gasteiger partial charge in [0.05, 0.1) is 0 Å². The molecule has 0 aliphatic carbocycles. The van der Waals surface area contributed by atoms with Crippen molar-refractivity contribution in [1.29, 1.82) is 0 Å². The van der Waals surface area contributed by atoms with Crippen molar-refractivity contribution >= 4 is 29.9 Å². The molecule has 8 heteroatoms. The van der Waals surface area contributed by atoms with E-state index in [0.29, 0.717) is 6.54 Å². The van der Waals surface area contributed by atoms with Crippen LogP contribution in [0.5, 0.6) is 0 Å². The van der Waals surface area contributed by atoms with Gasteiger partial charge in [-0.25, -0.2) is 4.99 Å². The van der Waals surface area contributed by atoms with Gasteiger partial charge in [0.1, 0.15) is 12.4 Å². The highest BCUT2D eigenvalue weighted by atomic mass is 127. The monoisotopic (exact) mass is 450 g/mol. The largest absolute Gasteiger partial charge is 0.381 e. The minimum absolute atomic E-state index is 0. The summed E-state index contributed by atoms with van der Waals surface area (Å²) in [5.41, 5.74) is 0. The first-order valence-corrected chi connectivity index (χ1v) is 8.86. The number of rotatable bonds is 10. The molecule has 0 aromatic carbocycles. The zero-order chi connectivity index (χ0) is 16.3. The third-order valence-corrected chi connectivity index (χ3v) is 3.81. The molecule has 0 atom stereocenters. The number of aliphatic imine (C=N–C) groups is 1. The van der Waals surface area contributed by atoms with Gasteiger partial charge < -0.3 is 19.9 Å². The van der Waals surface area contributed by atoms with E-state index in [0.717, 1.165) is 76.1 Å². The van der Waals surface area contributed by atoms with Gasteiger partial charge in [-0.1, -0.05) is 13.3 Å². The van der Waals surface area contributed by atoms with Gasteiger partial charge in [-0.3, -0.25) is 0 Å². The zero-order valence-electron chi connectivity index (χ0n) is 14.9. The predicted octanol–water partition coefficient (Wildman–Crippen LogP) is 2.10. The van der Waals surface area contributed by atoms with Crippen molar-refractivity contribution in [3.05, 3.63) is 11.6 Å². The van der Waals surface area contributed by atoms with E-state index in [4.69, 9.17) is 4.74 Å². The minimum atomic E-state index is 0. The summed E-state index contributed by atoms with van der Waals surface area (Å²) in [5.74, 6) is 2.88. The molecular formula is C16H31IN6O. The molecule has 138 valence electrons. The Balaban J connectivity index is 0.00000288. The van der Waals surface area contributed by atoms with Gasteiger partial charge in [0.25, 0.3) is 0 Å². The molecule has 0 amide bonds. The lowest BCUT2D eigenvalue weighted by atomic mass is 10.4. The summed E-state index contributed by atoms with van der Waals surface area (Å²) < 4.78 is 7.75. The van der Waals surface area contributed by atoms with Crippen LogP contribution in [0.3, 0.4) is 0 Å². The van der Waals surface area contributed by atoms with Crippen molar-refractivity contribution in [1.82, 2.24) is 25.4 Å². The van der Waals surface area contributed by atoms with E-state index in [1.54, 1.807) is 0 Å².